The van der Waals surface area contributed by atoms with Crippen LogP contribution in [0.4, 0.5) is 0 Å². The van der Waals surface area contributed by atoms with Crippen molar-refractivity contribution >= 4 is 18.2 Å². The van der Waals surface area contributed by atoms with Crippen LogP contribution >= 0.6 is 0 Å². The topological polar surface area (TPSA) is 85.4 Å². The van der Waals surface area contributed by atoms with Crippen LogP contribution in [0.1, 0.15) is 19.3 Å². The normalized spacial score (nSPS) is 10.4. The Balaban J connectivity index is 3.62. The van der Waals surface area contributed by atoms with Crippen molar-refractivity contribution in [2.75, 3.05) is 41.0 Å². The van der Waals surface area contributed by atoms with Crippen LogP contribution in [0.3, 0.4) is 0 Å². The summed E-state index contributed by atoms with van der Waals surface area (Å²) in [7, 11) is 4.85. The fourth-order valence-corrected chi connectivity index (χ4v) is 1.13. The van der Waals surface area contributed by atoms with Gasteiger partial charge in [0, 0.05) is 34.0 Å². The van der Waals surface area contributed by atoms with Crippen molar-refractivity contribution in [3.8, 4) is 0 Å². The molecule has 0 heterocycles. The van der Waals surface area contributed by atoms with Crippen LogP contribution in [0.25, 0.3) is 0 Å². The van der Waals surface area contributed by atoms with Crippen LogP contribution in [0.15, 0.2) is 0 Å². The van der Waals surface area contributed by atoms with E-state index in [-0.39, 0.29) is 25.9 Å². The molecule has 0 aliphatic carbocycles. The van der Waals surface area contributed by atoms with E-state index in [2.05, 4.69) is 0 Å². The van der Waals surface area contributed by atoms with Crippen LogP contribution in [0.2, 0.25) is 0 Å². The fraction of sp³-hybridized carbons (Fsp3) is 0.750. The number of carbonyl (C=O) groups excluding carboxylic acids is 3. The van der Waals surface area contributed by atoms with Gasteiger partial charge in [-0.15, -0.1) is 0 Å². The van der Waals surface area contributed by atoms with Crippen LogP contribution in [0, 0.1) is 0 Å². The van der Waals surface area contributed by atoms with Crippen molar-refractivity contribution in [2.45, 2.75) is 19.3 Å². The van der Waals surface area contributed by atoms with Gasteiger partial charge in [0.1, 0.15) is 6.29 Å². The predicted octanol–water partition coefficient (Wildman–Crippen LogP) is -0.218. The Morgan fingerprint density at radius 3 is 2.35 bits per heavy atom. The van der Waals surface area contributed by atoms with Gasteiger partial charge in [0.05, 0.1) is 26.2 Å². The van der Waals surface area contributed by atoms with Gasteiger partial charge in [-0.25, -0.2) is 4.79 Å². The molecule has 116 valence electrons. The molecule has 8 heteroatoms. The summed E-state index contributed by atoms with van der Waals surface area (Å²) in [6.07, 6.45) is 0.797. The van der Waals surface area contributed by atoms with Gasteiger partial charge in [0.15, 0.2) is 0 Å². The Morgan fingerprint density at radius 2 is 1.75 bits per heavy atom. The summed E-state index contributed by atoms with van der Waals surface area (Å²) in [5.41, 5.74) is 0. The van der Waals surface area contributed by atoms with Gasteiger partial charge >= 0.3 is 5.97 Å². The average Bonchev–Trinajstić information content (AvgIpc) is 2.39. The van der Waals surface area contributed by atoms with Gasteiger partial charge < -0.3 is 14.4 Å². The number of hydrogen-bond acceptors (Lipinski definition) is 7. The minimum Gasteiger partial charge on any atom is -0.378 e. The van der Waals surface area contributed by atoms with E-state index in [0.717, 1.165) is 5.06 Å². The minimum absolute atomic E-state index is 0.0195. The van der Waals surface area contributed by atoms with Gasteiger partial charge in [0.25, 0.3) is 5.91 Å². The highest BCUT2D eigenvalue weighted by Crippen LogP contribution is 1.97. The Kier molecular flexibility index (Phi) is 10.5. The maximum absolute atomic E-state index is 11.4. The standard InChI is InChI=1S/C12H22N2O6/c1-13(2)19-10-9-18-8-6-12(17)20-14(3)11(16)5-4-7-15/h7H,4-6,8-10H2,1-3H3. The molecule has 0 rings (SSSR count). The van der Waals surface area contributed by atoms with Crippen LogP contribution in [-0.4, -0.2) is 69.3 Å². The van der Waals surface area contributed by atoms with E-state index < -0.39 is 11.9 Å². The highest BCUT2D eigenvalue weighted by molar-refractivity contribution is 5.79. The molecule has 1 amide bonds. The quantitative estimate of drug-likeness (QED) is 0.312. The molecule has 0 saturated carbocycles. The van der Waals surface area contributed by atoms with E-state index in [4.69, 9.17) is 14.4 Å². The largest absolute Gasteiger partial charge is 0.378 e. The van der Waals surface area contributed by atoms with Gasteiger partial charge in [0.2, 0.25) is 0 Å². The van der Waals surface area contributed by atoms with E-state index in [9.17, 15) is 14.4 Å². The highest BCUT2D eigenvalue weighted by atomic mass is 16.7. The van der Waals surface area contributed by atoms with E-state index in [1.165, 1.54) is 7.05 Å². The Bertz CT molecular complexity index is 308. The molecule has 0 aromatic heterocycles. The highest BCUT2D eigenvalue weighted by Gasteiger charge is 2.13. The molecule has 0 spiro atoms. The maximum atomic E-state index is 11.4. The van der Waals surface area contributed by atoms with Crippen molar-refractivity contribution in [1.29, 1.82) is 0 Å². The number of ether oxygens (including phenoxy) is 1. The zero-order valence-corrected chi connectivity index (χ0v) is 12.2. The first kappa shape index (κ1) is 18.5. The van der Waals surface area contributed by atoms with Crippen molar-refractivity contribution in [2.24, 2.45) is 0 Å². The van der Waals surface area contributed by atoms with Crippen LogP contribution < -0.4 is 0 Å². The number of hydrogen-bond donors (Lipinski definition) is 0. The number of nitrogens with zero attached hydrogens (tertiary/aromatic N) is 2. The molecular formula is C12H22N2O6. The van der Waals surface area contributed by atoms with Gasteiger partial charge in [-0.2, -0.15) is 10.1 Å². The smallest absolute Gasteiger partial charge is 0.334 e. The molecule has 0 aromatic rings. The predicted molar refractivity (Wildman–Crippen MR) is 69.2 cm³/mol. The maximum Gasteiger partial charge on any atom is 0.334 e. The SMILES string of the molecule is CN(C)OCCOCCC(=O)ON(C)C(=O)CCC=O. The number of amides is 1. The summed E-state index contributed by atoms with van der Waals surface area (Å²) in [5.74, 6) is -0.994. The van der Waals surface area contributed by atoms with Crippen LogP contribution in [-0.2, 0) is 28.8 Å². The molecule has 20 heavy (non-hydrogen) atoms. The van der Waals surface area contributed by atoms with E-state index in [1.54, 1.807) is 19.2 Å². The number of aldehydes is 1. The van der Waals surface area contributed by atoms with Crippen molar-refractivity contribution < 1.29 is 28.8 Å². The third kappa shape index (κ3) is 10.4. The first-order valence-corrected chi connectivity index (χ1v) is 6.26. The lowest BCUT2D eigenvalue weighted by Gasteiger charge is -2.15. The molecule has 0 atom stereocenters. The second-order valence-electron chi connectivity index (χ2n) is 4.07. The third-order valence-corrected chi connectivity index (χ3v) is 2.09. The van der Waals surface area contributed by atoms with Gasteiger partial charge in [-0.3, -0.25) is 9.63 Å². The molecule has 0 fully saturated rings. The summed E-state index contributed by atoms with van der Waals surface area (Å²) in [4.78, 5) is 42.7. The summed E-state index contributed by atoms with van der Waals surface area (Å²) >= 11 is 0. The molecule has 0 saturated heterocycles. The molecule has 0 aliphatic rings. The minimum atomic E-state index is -0.569. The van der Waals surface area contributed by atoms with Crippen molar-refractivity contribution in [1.82, 2.24) is 10.1 Å². The number of carbonyl (C=O) groups is 3. The van der Waals surface area contributed by atoms with Crippen molar-refractivity contribution in [3.63, 3.8) is 0 Å². The summed E-state index contributed by atoms with van der Waals surface area (Å²) < 4.78 is 5.16. The second-order valence-corrected chi connectivity index (χ2v) is 4.07. The first-order valence-electron chi connectivity index (χ1n) is 6.26. The fourth-order valence-electron chi connectivity index (χ4n) is 1.13. The summed E-state index contributed by atoms with van der Waals surface area (Å²) in [6.45, 7) is 0.942. The monoisotopic (exact) mass is 290 g/mol. The lowest BCUT2D eigenvalue weighted by atomic mass is 10.3. The molecule has 8 nitrogen and oxygen atoms in total. The zero-order valence-electron chi connectivity index (χ0n) is 12.2. The molecular weight excluding hydrogens is 268 g/mol. The molecule has 0 N–H and O–H groups in total. The van der Waals surface area contributed by atoms with E-state index in [1.807, 2.05) is 0 Å². The molecule has 0 aromatic carbocycles. The Hall–Kier alpha value is -1.51. The first-order chi connectivity index (χ1) is 9.47. The molecule has 0 bridgehead atoms. The zero-order chi connectivity index (χ0) is 15.4. The molecule has 0 unspecified atom stereocenters. The van der Waals surface area contributed by atoms with Crippen LogP contribution in [0.5, 0.6) is 0 Å². The Labute approximate surface area is 118 Å². The molecule has 0 radical (unpaired) electrons. The number of rotatable bonds is 10. The Morgan fingerprint density at radius 1 is 1.05 bits per heavy atom. The second kappa shape index (κ2) is 11.3. The van der Waals surface area contributed by atoms with Gasteiger partial charge in [-0.05, 0) is 0 Å². The lowest BCUT2D eigenvalue weighted by molar-refractivity contribution is -0.193. The summed E-state index contributed by atoms with van der Waals surface area (Å²) in [6, 6.07) is 0. The molecule has 0 aliphatic heterocycles. The third-order valence-electron chi connectivity index (χ3n) is 2.09. The summed E-state index contributed by atoms with van der Waals surface area (Å²) in [5, 5.41) is 2.39. The lowest BCUT2D eigenvalue weighted by Crippen LogP contribution is -2.30. The van der Waals surface area contributed by atoms with E-state index in [0.29, 0.717) is 19.5 Å². The van der Waals surface area contributed by atoms with Crippen molar-refractivity contribution in [3.05, 3.63) is 0 Å². The number of hydroxylamine groups is 4. The van der Waals surface area contributed by atoms with Gasteiger partial charge in [-0.1, -0.05) is 0 Å². The van der Waals surface area contributed by atoms with E-state index >= 15 is 0 Å². The average molecular weight is 290 g/mol.